The van der Waals surface area contributed by atoms with Crippen molar-refractivity contribution < 1.29 is 18.0 Å². The Bertz CT molecular complexity index is 1070. The SMILES string of the molecule is FC(F)(F)c1cnc(Nc2cnn(CC3CNC3)c2)nc1N1OCC[C@H]1c1ccccc1. The van der Waals surface area contributed by atoms with Gasteiger partial charge in [-0.1, -0.05) is 30.3 Å². The molecule has 3 aromatic rings. The third kappa shape index (κ3) is 4.26. The van der Waals surface area contributed by atoms with Crippen LogP contribution in [0.2, 0.25) is 0 Å². The summed E-state index contributed by atoms with van der Waals surface area (Å²) in [4.78, 5) is 13.7. The number of hydroxylamine groups is 1. The smallest absolute Gasteiger partial charge is 0.321 e. The topological polar surface area (TPSA) is 80.1 Å². The number of aromatic nitrogens is 4. The van der Waals surface area contributed by atoms with E-state index in [9.17, 15) is 13.2 Å². The predicted molar refractivity (Wildman–Crippen MR) is 111 cm³/mol. The summed E-state index contributed by atoms with van der Waals surface area (Å²) in [6.07, 6.45) is 0.114. The van der Waals surface area contributed by atoms with Gasteiger partial charge in [0.2, 0.25) is 5.95 Å². The van der Waals surface area contributed by atoms with E-state index in [2.05, 4.69) is 25.7 Å². The fraction of sp³-hybridized carbons (Fsp3) is 0.381. The minimum absolute atomic E-state index is 0.0418. The van der Waals surface area contributed by atoms with Gasteiger partial charge in [0.15, 0.2) is 5.82 Å². The van der Waals surface area contributed by atoms with E-state index in [1.54, 1.807) is 17.1 Å². The Hall–Kier alpha value is -3.18. The van der Waals surface area contributed by atoms with Gasteiger partial charge in [-0.3, -0.25) is 9.52 Å². The maximum atomic E-state index is 13.8. The third-order valence-electron chi connectivity index (χ3n) is 5.57. The Morgan fingerprint density at radius 2 is 1.97 bits per heavy atom. The van der Waals surface area contributed by atoms with Crippen LogP contribution in [-0.2, 0) is 17.6 Å². The largest absolute Gasteiger partial charge is 0.421 e. The van der Waals surface area contributed by atoms with E-state index in [0.29, 0.717) is 24.6 Å². The number of nitrogens with zero attached hydrogens (tertiary/aromatic N) is 5. The number of hydrogen-bond donors (Lipinski definition) is 2. The molecule has 1 aromatic carbocycles. The molecule has 2 N–H and O–H groups in total. The van der Waals surface area contributed by atoms with Crippen LogP contribution in [0.25, 0.3) is 0 Å². The first-order valence-corrected chi connectivity index (χ1v) is 10.4. The zero-order valence-corrected chi connectivity index (χ0v) is 17.1. The Balaban J connectivity index is 1.43. The highest BCUT2D eigenvalue weighted by molar-refractivity contribution is 5.56. The second kappa shape index (κ2) is 8.40. The molecule has 2 fully saturated rings. The number of nitrogens with one attached hydrogen (secondary N) is 2. The maximum Gasteiger partial charge on any atom is 0.421 e. The summed E-state index contributed by atoms with van der Waals surface area (Å²) in [5, 5.41) is 11.7. The van der Waals surface area contributed by atoms with Gasteiger partial charge < -0.3 is 10.6 Å². The third-order valence-corrected chi connectivity index (χ3v) is 5.57. The lowest BCUT2D eigenvalue weighted by atomic mass is 10.0. The Kier molecular flexibility index (Phi) is 5.43. The van der Waals surface area contributed by atoms with Gasteiger partial charge in [-0.2, -0.15) is 23.3 Å². The lowest BCUT2D eigenvalue weighted by Gasteiger charge is -2.26. The minimum atomic E-state index is -4.62. The molecule has 0 radical (unpaired) electrons. The van der Waals surface area contributed by atoms with Crippen molar-refractivity contribution in [2.24, 2.45) is 5.92 Å². The Labute approximate surface area is 182 Å². The first kappa shape index (κ1) is 20.7. The van der Waals surface area contributed by atoms with Gasteiger partial charge in [-0.05, 0) is 5.56 Å². The van der Waals surface area contributed by atoms with Gasteiger partial charge in [0.25, 0.3) is 0 Å². The normalized spacial score (nSPS) is 19.2. The molecule has 11 heteroatoms. The lowest BCUT2D eigenvalue weighted by molar-refractivity contribution is -0.138. The fourth-order valence-corrected chi connectivity index (χ4v) is 3.86. The van der Waals surface area contributed by atoms with Gasteiger partial charge in [-0.25, -0.2) is 10.0 Å². The lowest BCUT2D eigenvalue weighted by Crippen LogP contribution is -2.44. The van der Waals surface area contributed by atoms with Crippen molar-refractivity contribution in [1.29, 1.82) is 0 Å². The highest BCUT2D eigenvalue weighted by Gasteiger charge is 2.40. The van der Waals surface area contributed by atoms with E-state index in [4.69, 9.17) is 4.84 Å². The van der Waals surface area contributed by atoms with Crippen molar-refractivity contribution in [3.05, 3.63) is 60.0 Å². The molecule has 0 unspecified atom stereocenters. The number of alkyl halides is 3. The summed E-state index contributed by atoms with van der Waals surface area (Å²) in [6, 6.07) is 8.91. The summed E-state index contributed by atoms with van der Waals surface area (Å²) in [5.41, 5.74) is 0.516. The van der Waals surface area contributed by atoms with Gasteiger partial charge in [0.05, 0.1) is 24.5 Å². The molecule has 2 aliphatic rings. The Morgan fingerprint density at radius 1 is 1.16 bits per heavy atom. The molecule has 0 spiro atoms. The van der Waals surface area contributed by atoms with Crippen LogP contribution in [0.1, 0.15) is 23.6 Å². The molecule has 0 bridgehead atoms. The van der Waals surface area contributed by atoms with Crippen LogP contribution in [0.15, 0.2) is 48.9 Å². The standard InChI is InChI=1S/C21H22F3N7O/c22-21(23,24)17-11-26-20(28-16-10-27-30(13-16)12-14-8-25-9-14)29-19(17)31-18(6-7-32-31)15-4-2-1-3-5-15/h1-5,10-11,13-14,18,25H,6-9,12H2,(H,26,28,29)/t18-/m0/s1. The molecule has 32 heavy (non-hydrogen) atoms. The summed E-state index contributed by atoms with van der Waals surface area (Å²) >= 11 is 0. The van der Waals surface area contributed by atoms with Crippen molar-refractivity contribution in [3.63, 3.8) is 0 Å². The number of hydrogen-bond acceptors (Lipinski definition) is 7. The predicted octanol–water partition coefficient (Wildman–Crippen LogP) is 3.54. The highest BCUT2D eigenvalue weighted by atomic mass is 19.4. The number of anilines is 3. The maximum absolute atomic E-state index is 13.8. The zero-order chi connectivity index (χ0) is 22.1. The van der Waals surface area contributed by atoms with E-state index in [-0.39, 0.29) is 17.8 Å². The molecule has 1 atom stereocenters. The molecule has 8 nitrogen and oxygen atoms in total. The quantitative estimate of drug-likeness (QED) is 0.601. The van der Waals surface area contributed by atoms with Crippen LogP contribution in [-0.4, -0.2) is 39.4 Å². The van der Waals surface area contributed by atoms with E-state index in [1.807, 2.05) is 30.3 Å². The van der Waals surface area contributed by atoms with E-state index in [0.717, 1.165) is 31.4 Å². The van der Waals surface area contributed by atoms with Crippen molar-refractivity contribution >= 4 is 17.5 Å². The molecule has 0 aliphatic carbocycles. The monoisotopic (exact) mass is 445 g/mol. The van der Waals surface area contributed by atoms with Gasteiger partial charge in [0, 0.05) is 44.4 Å². The van der Waals surface area contributed by atoms with E-state index in [1.165, 1.54) is 5.06 Å². The Morgan fingerprint density at radius 3 is 2.69 bits per heavy atom. The molecule has 168 valence electrons. The molecule has 0 saturated carbocycles. The van der Waals surface area contributed by atoms with Crippen LogP contribution in [0.4, 0.5) is 30.6 Å². The molecule has 5 rings (SSSR count). The molecule has 2 aliphatic heterocycles. The van der Waals surface area contributed by atoms with Crippen molar-refractivity contribution in [1.82, 2.24) is 25.1 Å². The minimum Gasteiger partial charge on any atom is -0.321 e. The van der Waals surface area contributed by atoms with Crippen molar-refractivity contribution in [2.45, 2.75) is 25.2 Å². The van der Waals surface area contributed by atoms with E-state index >= 15 is 0 Å². The van der Waals surface area contributed by atoms with Crippen molar-refractivity contribution in [3.8, 4) is 0 Å². The van der Waals surface area contributed by atoms with Crippen LogP contribution in [0.5, 0.6) is 0 Å². The van der Waals surface area contributed by atoms with Gasteiger partial charge in [0.1, 0.15) is 5.56 Å². The van der Waals surface area contributed by atoms with Crippen LogP contribution >= 0.6 is 0 Å². The molecule has 0 amide bonds. The molecule has 2 aromatic heterocycles. The molecule has 4 heterocycles. The molecule has 2 saturated heterocycles. The number of rotatable bonds is 6. The second-order valence-electron chi connectivity index (χ2n) is 7.90. The molecular formula is C21H22F3N7O. The molecular weight excluding hydrogens is 423 g/mol. The van der Waals surface area contributed by atoms with Crippen molar-refractivity contribution in [2.75, 3.05) is 30.1 Å². The van der Waals surface area contributed by atoms with Gasteiger partial charge in [-0.15, -0.1) is 0 Å². The number of halogens is 3. The first-order chi connectivity index (χ1) is 15.5. The number of benzene rings is 1. The first-order valence-electron chi connectivity index (χ1n) is 10.4. The average molecular weight is 445 g/mol. The zero-order valence-electron chi connectivity index (χ0n) is 17.1. The van der Waals surface area contributed by atoms with Crippen LogP contribution < -0.4 is 15.7 Å². The summed E-state index contributed by atoms with van der Waals surface area (Å²) < 4.78 is 43.1. The highest BCUT2D eigenvalue weighted by Crippen LogP contribution is 2.41. The second-order valence-corrected chi connectivity index (χ2v) is 7.90. The average Bonchev–Trinajstić information content (AvgIpc) is 3.40. The van der Waals surface area contributed by atoms with E-state index < -0.39 is 11.7 Å². The fourth-order valence-electron chi connectivity index (χ4n) is 3.86. The summed E-state index contributed by atoms with van der Waals surface area (Å²) in [5.74, 6) is 0.258. The van der Waals surface area contributed by atoms with Crippen LogP contribution in [0.3, 0.4) is 0 Å². The van der Waals surface area contributed by atoms with Crippen LogP contribution in [0, 0.1) is 5.92 Å². The van der Waals surface area contributed by atoms with Gasteiger partial charge >= 0.3 is 6.18 Å². The summed E-state index contributed by atoms with van der Waals surface area (Å²) in [6.45, 7) is 2.97. The summed E-state index contributed by atoms with van der Waals surface area (Å²) in [7, 11) is 0.